The van der Waals surface area contributed by atoms with Crippen LogP contribution in [0.1, 0.15) is 33.3 Å². The third kappa shape index (κ3) is 3.94. The van der Waals surface area contributed by atoms with Crippen LogP contribution in [0.3, 0.4) is 0 Å². The smallest absolute Gasteiger partial charge is 0.170 e. The van der Waals surface area contributed by atoms with Crippen LogP contribution in [0.15, 0.2) is 60.2 Å². The molecule has 9 heteroatoms. The van der Waals surface area contributed by atoms with Gasteiger partial charge in [0.2, 0.25) is 0 Å². The molecule has 1 atom stereocenters. The zero-order valence-electron chi connectivity index (χ0n) is 19.7. The molecule has 34 heavy (non-hydrogen) atoms. The summed E-state index contributed by atoms with van der Waals surface area (Å²) in [6, 6.07) is 12.2. The number of nitrogens with zero attached hydrogens (tertiary/aromatic N) is 6. The Morgan fingerprint density at radius 2 is 2.00 bits per heavy atom. The first-order chi connectivity index (χ1) is 16.3. The van der Waals surface area contributed by atoms with Crippen molar-refractivity contribution < 1.29 is 4.74 Å². The predicted molar refractivity (Wildman–Crippen MR) is 134 cm³/mol. The van der Waals surface area contributed by atoms with Crippen molar-refractivity contribution in [2.24, 2.45) is 10.7 Å². The van der Waals surface area contributed by atoms with E-state index in [9.17, 15) is 0 Å². The lowest BCUT2D eigenvalue weighted by molar-refractivity contribution is 0.340. The van der Waals surface area contributed by atoms with Crippen molar-refractivity contribution in [1.29, 1.82) is 0 Å². The maximum atomic E-state index is 5.83. The Hall–Kier alpha value is -3.98. The minimum Gasteiger partial charge on any atom is -0.494 e. The maximum Gasteiger partial charge on any atom is 0.170 e. The topological polar surface area (TPSA) is 108 Å². The highest BCUT2D eigenvalue weighted by molar-refractivity contribution is 6.11. The summed E-state index contributed by atoms with van der Waals surface area (Å²) in [5.41, 5.74) is 11.3. The molecule has 1 unspecified atom stereocenters. The zero-order valence-corrected chi connectivity index (χ0v) is 19.7. The fourth-order valence-electron chi connectivity index (χ4n) is 4.18. The summed E-state index contributed by atoms with van der Waals surface area (Å²) >= 11 is 0. The summed E-state index contributed by atoms with van der Waals surface area (Å²) in [7, 11) is 0. The van der Waals surface area contributed by atoms with Gasteiger partial charge in [0.05, 0.1) is 23.3 Å². The van der Waals surface area contributed by atoms with Gasteiger partial charge in [0.1, 0.15) is 24.2 Å². The molecule has 174 valence electrons. The lowest BCUT2D eigenvalue weighted by atomic mass is 10.0. The molecule has 1 aliphatic heterocycles. The van der Waals surface area contributed by atoms with E-state index in [4.69, 9.17) is 15.5 Å². The molecule has 0 saturated heterocycles. The molecule has 5 rings (SSSR count). The van der Waals surface area contributed by atoms with Gasteiger partial charge >= 0.3 is 0 Å². The van der Waals surface area contributed by atoms with Gasteiger partial charge in [-0.05, 0) is 63.6 Å². The molecular formula is C25H28N8O. The number of ether oxygens (including phenoxy) is 1. The average molecular weight is 457 g/mol. The standard InChI is InChI=1S/C25H28N8O/c1-5-34-18-7-9-21(32-15-27-14-30-32)19(11-18)23-31-20-10-16(17-12-28-24(26)29-13-17)6-8-22(20)33(23)25(2,3)4/h6-15,24,28H,5,26H2,1-4H3. The Bertz CT molecular complexity index is 1390. The fraction of sp³-hybridized carbons (Fsp3) is 0.280. The van der Waals surface area contributed by atoms with Crippen molar-refractivity contribution in [2.75, 3.05) is 6.61 Å². The fourth-order valence-corrected chi connectivity index (χ4v) is 4.18. The molecule has 2 aromatic heterocycles. The molecule has 0 amide bonds. The van der Waals surface area contributed by atoms with Crippen molar-refractivity contribution in [3.8, 4) is 22.8 Å². The van der Waals surface area contributed by atoms with Crippen LogP contribution in [-0.4, -0.2) is 43.4 Å². The lowest BCUT2D eigenvalue weighted by Crippen LogP contribution is -2.34. The van der Waals surface area contributed by atoms with Crippen LogP contribution in [0.25, 0.3) is 33.7 Å². The number of benzene rings is 2. The highest BCUT2D eigenvalue weighted by atomic mass is 16.5. The molecule has 0 aliphatic carbocycles. The first-order valence-corrected chi connectivity index (χ1v) is 11.3. The number of rotatable bonds is 5. The SMILES string of the molecule is CCOc1ccc(-n2cncn2)c(-c2nc3cc(C4=CNC(N)N=C4)ccc3n2C(C)(C)C)c1. The molecule has 2 aromatic carbocycles. The summed E-state index contributed by atoms with van der Waals surface area (Å²) in [5.74, 6) is 1.61. The van der Waals surface area contributed by atoms with Gasteiger partial charge in [-0.25, -0.2) is 14.6 Å². The number of hydrogen-bond acceptors (Lipinski definition) is 7. The third-order valence-corrected chi connectivity index (χ3v) is 5.63. The second kappa shape index (κ2) is 8.42. The molecule has 1 aliphatic rings. The minimum absolute atomic E-state index is 0.229. The van der Waals surface area contributed by atoms with Gasteiger partial charge in [-0.1, -0.05) is 6.07 Å². The number of fused-ring (bicyclic) bond motifs is 1. The largest absolute Gasteiger partial charge is 0.494 e. The second-order valence-corrected chi connectivity index (χ2v) is 9.09. The van der Waals surface area contributed by atoms with E-state index in [1.54, 1.807) is 17.2 Å². The zero-order chi connectivity index (χ0) is 23.9. The van der Waals surface area contributed by atoms with Crippen LogP contribution >= 0.6 is 0 Å². The number of hydrogen-bond donors (Lipinski definition) is 2. The van der Waals surface area contributed by atoms with Crippen molar-refractivity contribution in [3.05, 3.63) is 60.8 Å². The Kier molecular flexibility index (Phi) is 5.41. The number of allylic oxidation sites excluding steroid dienone is 1. The van der Waals surface area contributed by atoms with Crippen LogP contribution in [0.5, 0.6) is 5.75 Å². The molecular weight excluding hydrogens is 428 g/mol. The van der Waals surface area contributed by atoms with E-state index in [0.29, 0.717) is 6.61 Å². The number of imidazole rings is 1. The molecule has 0 spiro atoms. The van der Waals surface area contributed by atoms with Gasteiger partial charge in [0.15, 0.2) is 6.29 Å². The molecule has 9 nitrogen and oxygen atoms in total. The first-order valence-electron chi connectivity index (χ1n) is 11.3. The van der Waals surface area contributed by atoms with E-state index in [2.05, 4.69) is 63.9 Å². The van der Waals surface area contributed by atoms with Crippen LogP contribution in [0.4, 0.5) is 0 Å². The Morgan fingerprint density at radius 3 is 2.68 bits per heavy atom. The summed E-state index contributed by atoms with van der Waals surface area (Å²) in [6.45, 7) is 9.08. The van der Waals surface area contributed by atoms with E-state index >= 15 is 0 Å². The van der Waals surface area contributed by atoms with Crippen LogP contribution in [-0.2, 0) is 5.54 Å². The normalized spacial score (nSPS) is 15.9. The van der Waals surface area contributed by atoms with E-state index < -0.39 is 6.29 Å². The van der Waals surface area contributed by atoms with Crippen molar-refractivity contribution in [3.63, 3.8) is 0 Å². The average Bonchev–Trinajstić information content (AvgIpc) is 3.47. The van der Waals surface area contributed by atoms with E-state index in [-0.39, 0.29) is 5.54 Å². The number of nitrogens with two attached hydrogens (primary N) is 1. The second-order valence-electron chi connectivity index (χ2n) is 9.09. The van der Waals surface area contributed by atoms with Crippen molar-refractivity contribution in [2.45, 2.75) is 39.5 Å². The summed E-state index contributed by atoms with van der Waals surface area (Å²) in [6.07, 6.45) is 6.48. The number of aliphatic imine (C=N–C) groups is 1. The molecule has 0 saturated carbocycles. The summed E-state index contributed by atoms with van der Waals surface area (Å²) in [4.78, 5) is 13.5. The van der Waals surface area contributed by atoms with Crippen LogP contribution < -0.4 is 15.8 Å². The first kappa shape index (κ1) is 21.8. The summed E-state index contributed by atoms with van der Waals surface area (Å²) < 4.78 is 9.84. The van der Waals surface area contributed by atoms with Gasteiger partial charge in [0, 0.05) is 29.1 Å². The van der Waals surface area contributed by atoms with Crippen molar-refractivity contribution >= 4 is 22.8 Å². The number of aromatic nitrogens is 5. The van der Waals surface area contributed by atoms with E-state index in [0.717, 1.165) is 45.0 Å². The van der Waals surface area contributed by atoms with Gasteiger partial charge in [-0.2, -0.15) is 5.10 Å². The van der Waals surface area contributed by atoms with Gasteiger partial charge in [-0.3, -0.25) is 10.7 Å². The third-order valence-electron chi connectivity index (χ3n) is 5.63. The monoisotopic (exact) mass is 456 g/mol. The highest BCUT2D eigenvalue weighted by Crippen LogP contribution is 2.36. The molecule has 4 aromatic rings. The van der Waals surface area contributed by atoms with Crippen LogP contribution in [0.2, 0.25) is 0 Å². The van der Waals surface area contributed by atoms with E-state index in [1.807, 2.05) is 31.3 Å². The molecule has 3 heterocycles. The van der Waals surface area contributed by atoms with Crippen molar-refractivity contribution in [1.82, 2.24) is 29.6 Å². The highest BCUT2D eigenvalue weighted by Gasteiger charge is 2.25. The maximum absolute atomic E-state index is 5.83. The molecule has 3 N–H and O–H groups in total. The molecule has 0 bridgehead atoms. The Labute approximate surface area is 198 Å². The van der Waals surface area contributed by atoms with Crippen LogP contribution in [0, 0.1) is 0 Å². The molecule has 0 fully saturated rings. The van der Waals surface area contributed by atoms with E-state index in [1.165, 1.54) is 6.33 Å². The van der Waals surface area contributed by atoms with Gasteiger partial charge in [0.25, 0.3) is 0 Å². The predicted octanol–water partition coefficient (Wildman–Crippen LogP) is 3.69. The Balaban J connectivity index is 1.73. The Morgan fingerprint density at radius 1 is 1.15 bits per heavy atom. The van der Waals surface area contributed by atoms with Gasteiger partial charge < -0.3 is 14.6 Å². The van der Waals surface area contributed by atoms with Gasteiger partial charge in [-0.15, -0.1) is 0 Å². The number of nitrogens with one attached hydrogen (secondary N) is 1. The quantitative estimate of drug-likeness (QED) is 0.474. The molecule has 0 radical (unpaired) electrons. The summed E-state index contributed by atoms with van der Waals surface area (Å²) in [5, 5.41) is 7.41. The minimum atomic E-state index is -0.410. The lowest BCUT2D eigenvalue weighted by Gasteiger charge is -2.25.